The molecule has 0 amide bonds. The fourth-order valence-corrected chi connectivity index (χ4v) is 2.63. The zero-order chi connectivity index (χ0) is 12.6. The van der Waals surface area contributed by atoms with E-state index in [1.165, 1.54) is 24.6 Å². The Morgan fingerprint density at radius 2 is 1.88 bits per heavy atom. The van der Waals surface area contributed by atoms with Crippen molar-refractivity contribution < 1.29 is 9.47 Å². The van der Waals surface area contributed by atoms with E-state index in [0.717, 1.165) is 6.42 Å². The second-order valence-corrected chi connectivity index (χ2v) is 6.09. The molecule has 0 radical (unpaired) electrons. The smallest absolute Gasteiger partial charge is 0.222 e. The quantitative estimate of drug-likeness (QED) is 0.502. The number of hydrogen-bond acceptors (Lipinski definition) is 4. The summed E-state index contributed by atoms with van der Waals surface area (Å²) in [6.45, 7) is 10.3. The molecule has 0 N–H and O–H groups in total. The first-order valence-corrected chi connectivity index (χ1v) is 7.27. The van der Waals surface area contributed by atoms with Crippen LogP contribution < -0.4 is 0 Å². The third kappa shape index (κ3) is 9.43. The van der Waals surface area contributed by atoms with Gasteiger partial charge in [-0.25, -0.2) is 0 Å². The fourth-order valence-electron chi connectivity index (χ4n) is 1.29. The Morgan fingerprint density at radius 1 is 1.25 bits per heavy atom. The Labute approximate surface area is 109 Å². The molecule has 0 bridgehead atoms. The lowest BCUT2D eigenvalue weighted by Crippen LogP contribution is -2.16. The predicted octanol–water partition coefficient (Wildman–Crippen LogP) is 4.37. The van der Waals surface area contributed by atoms with Crippen molar-refractivity contribution in [1.29, 1.82) is 0 Å². The molecule has 2 atom stereocenters. The lowest BCUT2D eigenvalue weighted by Gasteiger charge is -2.18. The summed E-state index contributed by atoms with van der Waals surface area (Å²) in [4.78, 5) is 0. The normalized spacial score (nSPS) is 14.9. The molecule has 0 saturated heterocycles. The summed E-state index contributed by atoms with van der Waals surface area (Å²) in [5.41, 5.74) is 0.0610. The van der Waals surface area contributed by atoms with Crippen LogP contribution in [0.25, 0.3) is 0 Å². The standard InChI is InChI=1S/C12H24O2S2/c1-6-7-8-10(4)14-12(15)16-11(5)13-9(2)3/h9-11H,6-8H2,1-5H3. The van der Waals surface area contributed by atoms with Crippen LogP contribution in [0.2, 0.25) is 0 Å². The van der Waals surface area contributed by atoms with Crippen LogP contribution >= 0.6 is 24.0 Å². The summed E-state index contributed by atoms with van der Waals surface area (Å²) in [5.74, 6) is 0. The summed E-state index contributed by atoms with van der Waals surface area (Å²) in [5, 5.41) is 0. The van der Waals surface area contributed by atoms with E-state index in [2.05, 4.69) is 13.8 Å². The number of thioether (sulfide) groups is 1. The van der Waals surface area contributed by atoms with Crippen molar-refractivity contribution in [1.82, 2.24) is 0 Å². The Kier molecular flexibility index (Phi) is 9.37. The molecular weight excluding hydrogens is 240 g/mol. The number of ether oxygens (including phenoxy) is 2. The minimum Gasteiger partial charge on any atom is -0.476 e. The van der Waals surface area contributed by atoms with Gasteiger partial charge in [-0.1, -0.05) is 19.8 Å². The van der Waals surface area contributed by atoms with Gasteiger partial charge in [-0.2, -0.15) is 0 Å². The van der Waals surface area contributed by atoms with Crippen LogP contribution in [0, 0.1) is 0 Å². The van der Waals surface area contributed by atoms with Crippen molar-refractivity contribution >= 4 is 28.4 Å². The molecule has 0 aliphatic rings. The first kappa shape index (κ1) is 16.2. The van der Waals surface area contributed by atoms with Crippen LogP contribution in [-0.4, -0.2) is 22.0 Å². The maximum atomic E-state index is 5.62. The molecule has 16 heavy (non-hydrogen) atoms. The van der Waals surface area contributed by atoms with E-state index in [-0.39, 0.29) is 17.6 Å². The van der Waals surface area contributed by atoms with Gasteiger partial charge in [0.05, 0.1) is 12.2 Å². The van der Waals surface area contributed by atoms with Crippen LogP contribution in [0.1, 0.15) is 53.9 Å². The minimum atomic E-state index is 0.0610. The Bertz CT molecular complexity index is 195. The maximum Gasteiger partial charge on any atom is 0.222 e. The van der Waals surface area contributed by atoms with Crippen LogP contribution in [0.5, 0.6) is 0 Å². The maximum absolute atomic E-state index is 5.62. The first-order valence-electron chi connectivity index (χ1n) is 5.98. The third-order valence-corrected chi connectivity index (χ3v) is 3.10. The highest BCUT2D eigenvalue weighted by Gasteiger charge is 2.12. The van der Waals surface area contributed by atoms with Gasteiger partial charge in [-0.05, 0) is 58.1 Å². The molecule has 0 saturated carbocycles. The van der Waals surface area contributed by atoms with Crippen molar-refractivity contribution in [3.05, 3.63) is 0 Å². The van der Waals surface area contributed by atoms with Gasteiger partial charge in [0.25, 0.3) is 0 Å². The van der Waals surface area contributed by atoms with Gasteiger partial charge in [0.2, 0.25) is 4.38 Å². The zero-order valence-electron chi connectivity index (χ0n) is 11.0. The molecular formula is C12H24O2S2. The third-order valence-electron chi connectivity index (χ3n) is 1.99. The molecule has 0 aromatic rings. The van der Waals surface area contributed by atoms with Gasteiger partial charge in [0.15, 0.2) is 0 Å². The Balaban J connectivity index is 3.72. The van der Waals surface area contributed by atoms with Crippen LogP contribution in [0.15, 0.2) is 0 Å². The fraction of sp³-hybridized carbons (Fsp3) is 0.917. The first-order chi connectivity index (χ1) is 7.45. The molecule has 0 aliphatic heterocycles. The molecule has 0 aromatic heterocycles. The molecule has 0 aromatic carbocycles. The van der Waals surface area contributed by atoms with Crippen molar-refractivity contribution in [3.8, 4) is 0 Å². The molecule has 4 heteroatoms. The molecule has 0 fully saturated rings. The highest BCUT2D eigenvalue weighted by molar-refractivity contribution is 8.22. The van der Waals surface area contributed by atoms with Gasteiger partial charge in [-0.3, -0.25) is 0 Å². The molecule has 2 nitrogen and oxygen atoms in total. The van der Waals surface area contributed by atoms with Crippen LogP contribution in [0.4, 0.5) is 0 Å². The summed E-state index contributed by atoms with van der Waals surface area (Å²) in [6, 6.07) is 0. The SMILES string of the molecule is CCCCC(C)OC(=S)SC(C)OC(C)C. The van der Waals surface area contributed by atoms with Crippen LogP contribution in [-0.2, 0) is 9.47 Å². The van der Waals surface area contributed by atoms with E-state index in [9.17, 15) is 0 Å². The molecule has 96 valence electrons. The van der Waals surface area contributed by atoms with E-state index in [1.807, 2.05) is 20.8 Å². The second-order valence-electron chi connectivity index (χ2n) is 4.19. The summed E-state index contributed by atoms with van der Waals surface area (Å²) in [6.07, 6.45) is 3.89. The van der Waals surface area contributed by atoms with E-state index in [4.69, 9.17) is 21.7 Å². The predicted molar refractivity (Wildman–Crippen MR) is 75.9 cm³/mol. The van der Waals surface area contributed by atoms with Crippen molar-refractivity contribution in [2.75, 3.05) is 0 Å². The largest absolute Gasteiger partial charge is 0.476 e. The summed E-state index contributed by atoms with van der Waals surface area (Å²) in [7, 11) is 0. The topological polar surface area (TPSA) is 18.5 Å². The van der Waals surface area contributed by atoms with Crippen molar-refractivity contribution in [2.45, 2.75) is 71.5 Å². The minimum absolute atomic E-state index is 0.0610. The van der Waals surface area contributed by atoms with Gasteiger partial charge in [0, 0.05) is 0 Å². The number of unbranched alkanes of at least 4 members (excludes halogenated alkanes) is 1. The summed E-state index contributed by atoms with van der Waals surface area (Å²) >= 11 is 6.65. The Morgan fingerprint density at radius 3 is 2.38 bits per heavy atom. The molecule has 0 rings (SSSR count). The van der Waals surface area contributed by atoms with Crippen molar-refractivity contribution in [3.63, 3.8) is 0 Å². The van der Waals surface area contributed by atoms with Gasteiger partial charge in [0.1, 0.15) is 5.44 Å². The molecule has 0 heterocycles. The number of hydrogen-bond donors (Lipinski definition) is 0. The number of rotatable bonds is 7. The average molecular weight is 264 g/mol. The van der Waals surface area contributed by atoms with Gasteiger partial charge < -0.3 is 9.47 Å². The van der Waals surface area contributed by atoms with Gasteiger partial charge in [-0.15, -0.1) is 0 Å². The summed E-state index contributed by atoms with van der Waals surface area (Å²) < 4.78 is 11.8. The lowest BCUT2D eigenvalue weighted by atomic mass is 10.2. The Hall–Kier alpha value is 0.200. The van der Waals surface area contributed by atoms with E-state index in [1.54, 1.807) is 0 Å². The zero-order valence-corrected chi connectivity index (χ0v) is 12.6. The van der Waals surface area contributed by atoms with E-state index < -0.39 is 0 Å². The van der Waals surface area contributed by atoms with E-state index >= 15 is 0 Å². The highest BCUT2D eigenvalue weighted by Crippen LogP contribution is 2.19. The lowest BCUT2D eigenvalue weighted by molar-refractivity contribution is 0.0693. The number of thiocarbonyl (C=S) groups is 1. The molecule has 0 spiro atoms. The second kappa shape index (κ2) is 9.25. The van der Waals surface area contributed by atoms with Crippen LogP contribution in [0.3, 0.4) is 0 Å². The average Bonchev–Trinajstić information content (AvgIpc) is 2.12. The van der Waals surface area contributed by atoms with Crippen molar-refractivity contribution in [2.24, 2.45) is 0 Å². The van der Waals surface area contributed by atoms with Gasteiger partial charge >= 0.3 is 0 Å². The monoisotopic (exact) mass is 264 g/mol. The highest BCUT2D eigenvalue weighted by atomic mass is 32.2. The molecule has 0 aliphatic carbocycles. The molecule has 2 unspecified atom stereocenters. The van der Waals surface area contributed by atoms with E-state index in [0.29, 0.717) is 4.38 Å².